The van der Waals surface area contributed by atoms with Crippen LogP contribution in [0.4, 0.5) is 0 Å². The number of aromatic nitrogens is 3. The van der Waals surface area contributed by atoms with Crippen LogP contribution in [0.1, 0.15) is 48.1 Å². The van der Waals surface area contributed by atoms with Gasteiger partial charge in [-0.15, -0.1) is 0 Å². The number of fused-ring (bicyclic) bond motifs is 1. The fourth-order valence-corrected chi connectivity index (χ4v) is 3.74. The molecule has 4 rings (SSSR count). The van der Waals surface area contributed by atoms with Crippen molar-refractivity contribution < 1.29 is 9.53 Å². The molecule has 6 heteroatoms. The maximum absolute atomic E-state index is 12.6. The summed E-state index contributed by atoms with van der Waals surface area (Å²) in [4.78, 5) is 21.4. The van der Waals surface area contributed by atoms with Crippen LogP contribution in [0.3, 0.4) is 0 Å². The van der Waals surface area contributed by atoms with Gasteiger partial charge in [-0.1, -0.05) is 31.2 Å². The van der Waals surface area contributed by atoms with Gasteiger partial charge in [-0.05, 0) is 61.7 Å². The first kappa shape index (κ1) is 21.6. The third-order valence-electron chi connectivity index (χ3n) is 5.49. The molecule has 0 radical (unpaired) electrons. The van der Waals surface area contributed by atoms with Gasteiger partial charge in [-0.3, -0.25) is 9.78 Å². The van der Waals surface area contributed by atoms with Gasteiger partial charge in [0.25, 0.3) is 5.91 Å². The molecule has 2 aromatic carbocycles. The number of carbonyl (C=O) groups is 1. The lowest BCUT2D eigenvalue weighted by Crippen LogP contribution is -2.28. The van der Waals surface area contributed by atoms with Crippen molar-refractivity contribution in [3.05, 3.63) is 90.0 Å². The Morgan fingerprint density at radius 3 is 2.56 bits per heavy atom. The molecule has 1 atom stereocenters. The van der Waals surface area contributed by atoms with Crippen LogP contribution >= 0.6 is 0 Å². The minimum atomic E-state index is -0.245. The van der Waals surface area contributed by atoms with E-state index in [-0.39, 0.29) is 11.9 Å². The molecule has 0 bridgehead atoms. The molecule has 4 aromatic rings. The number of imidazole rings is 1. The molecule has 1 amide bonds. The van der Waals surface area contributed by atoms with Crippen molar-refractivity contribution in [2.24, 2.45) is 0 Å². The van der Waals surface area contributed by atoms with Gasteiger partial charge in [0.05, 0.1) is 23.7 Å². The summed E-state index contributed by atoms with van der Waals surface area (Å²) in [6, 6.07) is 19.5. The zero-order valence-electron chi connectivity index (χ0n) is 18.5. The Hall–Kier alpha value is -3.67. The van der Waals surface area contributed by atoms with Gasteiger partial charge in [0.2, 0.25) is 0 Å². The third kappa shape index (κ3) is 4.97. The summed E-state index contributed by atoms with van der Waals surface area (Å²) in [6.45, 7) is 5.46. The monoisotopic (exact) mass is 428 g/mol. The Morgan fingerprint density at radius 2 is 1.81 bits per heavy atom. The summed E-state index contributed by atoms with van der Waals surface area (Å²) in [7, 11) is 0. The number of para-hydroxylation sites is 2. The van der Waals surface area contributed by atoms with E-state index < -0.39 is 0 Å². The lowest BCUT2D eigenvalue weighted by Gasteiger charge is -2.16. The minimum Gasteiger partial charge on any atom is -0.494 e. The highest BCUT2D eigenvalue weighted by Gasteiger charge is 2.19. The number of ether oxygens (including phenoxy) is 1. The van der Waals surface area contributed by atoms with Crippen molar-refractivity contribution in [3.8, 4) is 5.75 Å². The van der Waals surface area contributed by atoms with E-state index in [2.05, 4.69) is 40.0 Å². The second kappa shape index (κ2) is 10.1. The van der Waals surface area contributed by atoms with Gasteiger partial charge >= 0.3 is 0 Å². The number of benzene rings is 2. The summed E-state index contributed by atoms with van der Waals surface area (Å²) in [5, 5.41) is 3.06. The number of aryl methyl sites for hydroxylation is 2. The number of pyridine rings is 1. The first-order valence-corrected chi connectivity index (χ1v) is 11.0. The van der Waals surface area contributed by atoms with Crippen LogP contribution in [0.25, 0.3) is 11.0 Å². The van der Waals surface area contributed by atoms with Gasteiger partial charge < -0.3 is 14.6 Å². The zero-order chi connectivity index (χ0) is 22.3. The molecule has 32 heavy (non-hydrogen) atoms. The largest absolute Gasteiger partial charge is 0.494 e. The summed E-state index contributed by atoms with van der Waals surface area (Å²) in [6.07, 6.45) is 5.08. The third-order valence-corrected chi connectivity index (χ3v) is 5.49. The minimum absolute atomic E-state index is 0.141. The van der Waals surface area contributed by atoms with Crippen LogP contribution in [0.2, 0.25) is 0 Å². The van der Waals surface area contributed by atoms with Crippen molar-refractivity contribution in [2.45, 2.75) is 39.3 Å². The molecule has 0 fully saturated rings. The number of carbonyl (C=O) groups excluding carboxylic acids is 1. The second-order valence-electron chi connectivity index (χ2n) is 7.74. The molecule has 0 saturated heterocycles. The topological polar surface area (TPSA) is 69.0 Å². The molecule has 1 N–H and O–H groups in total. The average molecular weight is 429 g/mol. The average Bonchev–Trinajstić information content (AvgIpc) is 3.21. The maximum Gasteiger partial charge on any atom is 0.251 e. The lowest BCUT2D eigenvalue weighted by molar-refractivity contribution is 0.0937. The Morgan fingerprint density at radius 1 is 1.06 bits per heavy atom. The molecule has 0 spiro atoms. The molecule has 0 aliphatic rings. The number of hydrogen-bond acceptors (Lipinski definition) is 4. The van der Waals surface area contributed by atoms with Crippen LogP contribution in [0.5, 0.6) is 5.75 Å². The van der Waals surface area contributed by atoms with E-state index in [9.17, 15) is 4.79 Å². The van der Waals surface area contributed by atoms with Crippen molar-refractivity contribution in [1.29, 1.82) is 0 Å². The molecular weight excluding hydrogens is 400 g/mol. The second-order valence-corrected chi connectivity index (χ2v) is 7.74. The van der Waals surface area contributed by atoms with Crippen LogP contribution < -0.4 is 10.1 Å². The van der Waals surface area contributed by atoms with Crippen LogP contribution in [-0.2, 0) is 13.0 Å². The Labute approximate surface area is 188 Å². The summed E-state index contributed by atoms with van der Waals surface area (Å²) < 4.78 is 8.11. The standard InChI is InChI=1S/C26H28N4O2/c1-3-20-9-11-22(12-10-20)32-18-6-17-30-24-8-5-4-7-23(24)29-25(30)19(2)28-26(31)21-13-15-27-16-14-21/h4-5,7-16,19H,3,6,17-18H2,1-2H3,(H,28,31). The smallest absolute Gasteiger partial charge is 0.251 e. The first-order chi connectivity index (χ1) is 15.7. The normalized spacial score (nSPS) is 11.9. The van der Waals surface area contributed by atoms with E-state index in [1.165, 1.54) is 5.56 Å². The number of nitrogens with one attached hydrogen (secondary N) is 1. The molecule has 2 heterocycles. The van der Waals surface area contributed by atoms with Gasteiger partial charge in [0, 0.05) is 24.5 Å². The van der Waals surface area contributed by atoms with Gasteiger partial charge in [0.15, 0.2) is 0 Å². The predicted molar refractivity (Wildman–Crippen MR) is 126 cm³/mol. The SMILES string of the molecule is CCc1ccc(OCCCn2c(C(C)NC(=O)c3ccncc3)nc3ccccc32)cc1. The van der Waals surface area contributed by atoms with E-state index in [0.717, 1.165) is 42.0 Å². The van der Waals surface area contributed by atoms with Crippen LogP contribution in [0.15, 0.2) is 73.1 Å². The van der Waals surface area contributed by atoms with Crippen LogP contribution in [0, 0.1) is 0 Å². The molecule has 0 aliphatic carbocycles. The number of rotatable bonds is 9. The first-order valence-electron chi connectivity index (χ1n) is 11.0. The maximum atomic E-state index is 12.6. The van der Waals surface area contributed by atoms with Crippen LogP contribution in [-0.4, -0.2) is 27.0 Å². The van der Waals surface area contributed by atoms with E-state index in [1.54, 1.807) is 24.5 Å². The van der Waals surface area contributed by atoms with Crippen molar-refractivity contribution in [3.63, 3.8) is 0 Å². The molecule has 164 valence electrons. The quantitative estimate of drug-likeness (QED) is 0.383. The molecule has 6 nitrogen and oxygen atoms in total. The molecule has 1 unspecified atom stereocenters. The van der Waals surface area contributed by atoms with Crippen molar-refractivity contribution in [2.75, 3.05) is 6.61 Å². The number of amides is 1. The Kier molecular flexibility index (Phi) is 6.80. The lowest BCUT2D eigenvalue weighted by atomic mass is 10.2. The fourth-order valence-electron chi connectivity index (χ4n) is 3.74. The Bertz CT molecular complexity index is 1170. The van der Waals surface area contributed by atoms with E-state index in [1.807, 2.05) is 37.3 Å². The summed E-state index contributed by atoms with van der Waals surface area (Å²) >= 11 is 0. The summed E-state index contributed by atoms with van der Waals surface area (Å²) in [5.41, 5.74) is 3.86. The van der Waals surface area contributed by atoms with Gasteiger partial charge in [0.1, 0.15) is 11.6 Å². The number of nitrogens with zero attached hydrogens (tertiary/aromatic N) is 3. The van der Waals surface area contributed by atoms with E-state index in [4.69, 9.17) is 9.72 Å². The fraction of sp³-hybridized carbons (Fsp3) is 0.269. The number of hydrogen-bond donors (Lipinski definition) is 1. The summed E-state index contributed by atoms with van der Waals surface area (Å²) in [5.74, 6) is 1.58. The molecule has 0 aliphatic heterocycles. The van der Waals surface area contributed by atoms with Gasteiger partial charge in [-0.25, -0.2) is 4.98 Å². The molecule has 2 aromatic heterocycles. The predicted octanol–water partition coefficient (Wildman–Crippen LogP) is 4.95. The Balaban J connectivity index is 1.45. The highest BCUT2D eigenvalue weighted by molar-refractivity contribution is 5.94. The van der Waals surface area contributed by atoms with E-state index in [0.29, 0.717) is 12.2 Å². The molecular formula is C26H28N4O2. The zero-order valence-corrected chi connectivity index (χ0v) is 18.5. The van der Waals surface area contributed by atoms with Gasteiger partial charge in [-0.2, -0.15) is 0 Å². The highest BCUT2D eigenvalue weighted by Crippen LogP contribution is 2.22. The van der Waals surface area contributed by atoms with E-state index >= 15 is 0 Å². The molecule has 0 saturated carbocycles. The van der Waals surface area contributed by atoms with Crippen molar-refractivity contribution >= 4 is 16.9 Å². The van der Waals surface area contributed by atoms with Crippen molar-refractivity contribution in [1.82, 2.24) is 19.9 Å². The highest BCUT2D eigenvalue weighted by atomic mass is 16.5.